The van der Waals surface area contributed by atoms with Gasteiger partial charge in [-0.3, -0.25) is 0 Å². The maximum Gasteiger partial charge on any atom is 0.123 e. The maximum atomic E-state index is 5.87. The van der Waals surface area contributed by atoms with Crippen molar-refractivity contribution in [2.75, 3.05) is 12.8 Å². The van der Waals surface area contributed by atoms with Gasteiger partial charge in [0, 0.05) is 23.3 Å². The first kappa shape index (κ1) is 14.0. The molecule has 2 aromatic carbocycles. The zero-order valence-electron chi connectivity index (χ0n) is 12.6. The summed E-state index contributed by atoms with van der Waals surface area (Å²) in [6.45, 7) is 2.19. The van der Waals surface area contributed by atoms with E-state index in [0.29, 0.717) is 6.04 Å². The topological polar surface area (TPSA) is 47.3 Å². The van der Waals surface area contributed by atoms with Crippen molar-refractivity contribution in [1.82, 2.24) is 5.32 Å². The molecule has 0 amide bonds. The fraction of sp³-hybridized carbons (Fsp3) is 0.333. The number of benzene rings is 2. The Labute approximate surface area is 126 Å². The van der Waals surface area contributed by atoms with Crippen molar-refractivity contribution in [3.63, 3.8) is 0 Å². The number of nitrogens with two attached hydrogens (primary N) is 1. The van der Waals surface area contributed by atoms with Crippen LogP contribution in [-0.4, -0.2) is 7.11 Å². The molecule has 3 nitrogen and oxygen atoms in total. The van der Waals surface area contributed by atoms with E-state index >= 15 is 0 Å². The summed E-state index contributed by atoms with van der Waals surface area (Å²) in [6.07, 6.45) is 2.22. The van der Waals surface area contributed by atoms with Gasteiger partial charge >= 0.3 is 0 Å². The first-order chi connectivity index (χ1) is 10.2. The van der Waals surface area contributed by atoms with Crippen LogP contribution in [0.5, 0.6) is 5.75 Å². The summed E-state index contributed by atoms with van der Waals surface area (Å²) in [5.41, 5.74) is 10.7. The predicted molar refractivity (Wildman–Crippen MR) is 86.5 cm³/mol. The van der Waals surface area contributed by atoms with Crippen molar-refractivity contribution in [1.29, 1.82) is 0 Å². The van der Waals surface area contributed by atoms with Crippen LogP contribution in [0.4, 0.5) is 5.69 Å². The summed E-state index contributed by atoms with van der Waals surface area (Å²) in [5.74, 6) is 0.938. The molecule has 3 rings (SSSR count). The average molecular weight is 282 g/mol. The maximum absolute atomic E-state index is 5.87. The number of hydrogen-bond acceptors (Lipinski definition) is 3. The highest BCUT2D eigenvalue weighted by Gasteiger charge is 2.24. The summed E-state index contributed by atoms with van der Waals surface area (Å²) in [6, 6.07) is 15.1. The van der Waals surface area contributed by atoms with Crippen LogP contribution in [0.15, 0.2) is 42.5 Å². The molecule has 2 unspecified atom stereocenters. The Bertz CT molecular complexity index is 639. The molecule has 0 fully saturated rings. The Morgan fingerprint density at radius 1 is 1.24 bits per heavy atom. The molecular weight excluding hydrogens is 260 g/mol. The molecule has 1 aliphatic rings. The lowest BCUT2D eigenvalue weighted by Gasteiger charge is -2.22. The second-order valence-corrected chi connectivity index (χ2v) is 5.68. The van der Waals surface area contributed by atoms with E-state index in [1.807, 2.05) is 18.2 Å². The Balaban J connectivity index is 1.79. The van der Waals surface area contributed by atoms with Gasteiger partial charge in [-0.2, -0.15) is 0 Å². The largest absolute Gasteiger partial charge is 0.496 e. The fourth-order valence-corrected chi connectivity index (χ4v) is 3.23. The molecule has 1 aliphatic carbocycles. The van der Waals surface area contributed by atoms with E-state index in [2.05, 4.69) is 36.5 Å². The number of aryl methyl sites for hydroxylation is 1. The minimum Gasteiger partial charge on any atom is -0.496 e. The number of rotatable bonds is 4. The summed E-state index contributed by atoms with van der Waals surface area (Å²) in [4.78, 5) is 0. The average Bonchev–Trinajstić information content (AvgIpc) is 2.89. The van der Waals surface area contributed by atoms with Crippen LogP contribution in [0.1, 0.15) is 42.1 Å². The van der Waals surface area contributed by atoms with E-state index in [1.54, 1.807) is 7.11 Å². The van der Waals surface area contributed by atoms with E-state index in [0.717, 1.165) is 24.3 Å². The third-order valence-corrected chi connectivity index (χ3v) is 4.30. The Hall–Kier alpha value is -2.00. The molecule has 0 radical (unpaired) electrons. The molecule has 0 saturated carbocycles. The molecule has 2 atom stereocenters. The van der Waals surface area contributed by atoms with Gasteiger partial charge < -0.3 is 15.8 Å². The third kappa shape index (κ3) is 2.74. The number of anilines is 1. The zero-order chi connectivity index (χ0) is 14.8. The van der Waals surface area contributed by atoms with Crippen LogP contribution in [0.3, 0.4) is 0 Å². The van der Waals surface area contributed by atoms with Crippen LogP contribution in [0.2, 0.25) is 0 Å². The summed E-state index contributed by atoms with van der Waals surface area (Å²) < 4.78 is 5.46. The number of nitrogens with one attached hydrogen (secondary N) is 1. The van der Waals surface area contributed by atoms with E-state index in [4.69, 9.17) is 10.5 Å². The molecule has 21 heavy (non-hydrogen) atoms. The van der Waals surface area contributed by atoms with Crippen LogP contribution >= 0.6 is 0 Å². The minimum atomic E-state index is 0.245. The van der Waals surface area contributed by atoms with Crippen LogP contribution in [-0.2, 0) is 6.42 Å². The number of methoxy groups -OCH3 is 1. The predicted octanol–water partition coefficient (Wildman–Crippen LogP) is 3.62. The third-order valence-electron chi connectivity index (χ3n) is 4.30. The van der Waals surface area contributed by atoms with Gasteiger partial charge in [-0.25, -0.2) is 0 Å². The molecule has 0 bridgehead atoms. The van der Waals surface area contributed by atoms with Crippen molar-refractivity contribution >= 4 is 5.69 Å². The lowest BCUT2D eigenvalue weighted by molar-refractivity contribution is 0.393. The molecule has 2 aromatic rings. The Kier molecular flexibility index (Phi) is 3.84. The number of para-hydroxylation sites is 1. The van der Waals surface area contributed by atoms with Gasteiger partial charge in [-0.05, 0) is 49.1 Å². The zero-order valence-corrected chi connectivity index (χ0v) is 12.6. The first-order valence-corrected chi connectivity index (χ1v) is 7.46. The van der Waals surface area contributed by atoms with Gasteiger partial charge in [0.2, 0.25) is 0 Å². The van der Waals surface area contributed by atoms with Gasteiger partial charge in [0.15, 0.2) is 0 Å². The van der Waals surface area contributed by atoms with Crippen LogP contribution < -0.4 is 15.8 Å². The summed E-state index contributed by atoms with van der Waals surface area (Å²) in [7, 11) is 1.72. The monoisotopic (exact) mass is 282 g/mol. The summed E-state index contributed by atoms with van der Waals surface area (Å²) >= 11 is 0. The molecule has 3 heteroatoms. The normalized spacial score (nSPS) is 18.3. The van der Waals surface area contributed by atoms with Crippen molar-refractivity contribution in [3.05, 3.63) is 59.2 Å². The lowest BCUT2D eigenvalue weighted by Crippen LogP contribution is -2.23. The number of nitrogen functional groups attached to an aromatic ring is 1. The second-order valence-electron chi connectivity index (χ2n) is 5.68. The van der Waals surface area contributed by atoms with E-state index < -0.39 is 0 Å². The Morgan fingerprint density at radius 2 is 2.05 bits per heavy atom. The number of fused-ring (bicyclic) bond motifs is 1. The van der Waals surface area contributed by atoms with Gasteiger partial charge in [0.1, 0.15) is 5.75 Å². The van der Waals surface area contributed by atoms with Crippen molar-refractivity contribution in [2.24, 2.45) is 0 Å². The van der Waals surface area contributed by atoms with E-state index in [-0.39, 0.29) is 6.04 Å². The van der Waals surface area contributed by atoms with Gasteiger partial charge in [-0.15, -0.1) is 0 Å². The molecule has 0 aliphatic heterocycles. The van der Waals surface area contributed by atoms with Crippen molar-refractivity contribution < 1.29 is 4.74 Å². The molecule has 0 spiro atoms. The first-order valence-electron chi connectivity index (χ1n) is 7.46. The molecule has 110 valence electrons. The summed E-state index contributed by atoms with van der Waals surface area (Å²) in [5, 5.41) is 3.72. The van der Waals surface area contributed by atoms with Gasteiger partial charge in [0.25, 0.3) is 0 Å². The highest BCUT2D eigenvalue weighted by atomic mass is 16.5. The lowest BCUT2D eigenvalue weighted by atomic mass is 10.0. The van der Waals surface area contributed by atoms with Gasteiger partial charge in [-0.1, -0.05) is 24.3 Å². The number of hydrogen-bond donors (Lipinski definition) is 2. The minimum absolute atomic E-state index is 0.245. The molecular formula is C18H22N2O. The molecule has 0 saturated heterocycles. The van der Waals surface area contributed by atoms with E-state index in [9.17, 15) is 0 Å². The second kappa shape index (κ2) is 5.78. The molecule has 0 heterocycles. The quantitative estimate of drug-likeness (QED) is 0.842. The Morgan fingerprint density at radius 3 is 2.86 bits per heavy atom. The van der Waals surface area contributed by atoms with E-state index in [1.165, 1.54) is 16.7 Å². The molecule has 0 aromatic heterocycles. The standard InChI is InChI=1S/C18H22N2O/c1-12(15-5-3-4-6-18(15)21-2)20-17-10-7-13-11-14(19)8-9-16(13)17/h3-6,8-9,11-12,17,20H,7,10,19H2,1-2H3. The van der Waals surface area contributed by atoms with Crippen LogP contribution in [0, 0.1) is 0 Å². The SMILES string of the molecule is COc1ccccc1C(C)NC1CCc2cc(N)ccc21. The highest BCUT2D eigenvalue weighted by Crippen LogP contribution is 2.35. The highest BCUT2D eigenvalue weighted by molar-refractivity contribution is 5.48. The number of ether oxygens (including phenoxy) is 1. The van der Waals surface area contributed by atoms with Crippen molar-refractivity contribution in [3.8, 4) is 5.75 Å². The van der Waals surface area contributed by atoms with Crippen molar-refractivity contribution in [2.45, 2.75) is 31.8 Å². The van der Waals surface area contributed by atoms with Gasteiger partial charge in [0.05, 0.1) is 7.11 Å². The molecule has 3 N–H and O–H groups in total. The fourth-order valence-electron chi connectivity index (χ4n) is 3.23. The smallest absolute Gasteiger partial charge is 0.123 e. The van der Waals surface area contributed by atoms with Crippen LogP contribution in [0.25, 0.3) is 0 Å².